The summed E-state index contributed by atoms with van der Waals surface area (Å²) in [5.74, 6) is 0.741. The molecular weight excluding hydrogens is 318 g/mol. The predicted octanol–water partition coefficient (Wildman–Crippen LogP) is 0.919. The number of sulfonamides is 1. The van der Waals surface area contributed by atoms with Gasteiger partial charge in [0.25, 0.3) is 10.0 Å². The van der Waals surface area contributed by atoms with Crippen molar-refractivity contribution in [2.24, 2.45) is 7.05 Å². The zero-order valence-electron chi connectivity index (χ0n) is 13.5. The first-order chi connectivity index (χ1) is 10.9. The fraction of sp³-hybridized carbons (Fsp3) is 0.571. The molecule has 0 saturated carbocycles. The smallest absolute Gasteiger partial charge is 0.262 e. The van der Waals surface area contributed by atoms with Gasteiger partial charge < -0.3 is 13.9 Å². The number of aromatic nitrogens is 4. The fourth-order valence-electron chi connectivity index (χ4n) is 2.83. The molecule has 0 N–H and O–H groups in total. The van der Waals surface area contributed by atoms with Gasteiger partial charge in [-0.05, 0) is 13.8 Å². The number of imidazole rings is 2. The van der Waals surface area contributed by atoms with Gasteiger partial charge in [-0.1, -0.05) is 0 Å². The lowest BCUT2D eigenvalue weighted by atomic mass is 10.2. The molecule has 9 heteroatoms. The molecule has 0 aromatic carbocycles. The van der Waals surface area contributed by atoms with Gasteiger partial charge in [0, 0.05) is 32.9 Å². The van der Waals surface area contributed by atoms with Gasteiger partial charge in [-0.3, -0.25) is 0 Å². The van der Waals surface area contributed by atoms with Crippen LogP contribution in [0.3, 0.4) is 0 Å². The quantitative estimate of drug-likeness (QED) is 0.809. The summed E-state index contributed by atoms with van der Waals surface area (Å²) in [4.78, 5) is 8.39. The Morgan fingerprint density at radius 2 is 2.13 bits per heavy atom. The largest absolute Gasteiger partial charge is 0.375 e. The van der Waals surface area contributed by atoms with Crippen LogP contribution in [0, 0.1) is 0 Å². The van der Waals surface area contributed by atoms with Crippen LogP contribution < -0.4 is 0 Å². The molecule has 126 valence electrons. The number of ether oxygens (including phenoxy) is 1. The molecule has 0 saturated heterocycles. The minimum Gasteiger partial charge on any atom is -0.375 e. The third-order valence-electron chi connectivity index (χ3n) is 4.03. The number of fused-ring (bicyclic) bond motifs is 1. The van der Waals surface area contributed by atoms with E-state index in [9.17, 15) is 8.42 Å². The highest BCUT2D eigenvalue weighted by Gasteiger charge is 2.36. The molecular formula is C14H21N5O3S. The van der Waals surface area contributed by atoms with Crippen LogP contribution in [0.25, 0.3) is 0 Å². The lowest BCUT2D eigenvalue weighted by molar-refractivity contribution is 0.126. The summed E-state index contributed by atoms with van der Waals surface area (Å²) in [5, 5.41) is 0.0707. The van der Waals surface area contributed by atoms with E-state index in [1.165, 1.54) is 16.8 Å². The van der Waals surface area contributed by atoms with Crippen LogP contribution in [0.15, 0.2) is 23.7 Å². The van der Waals surface area contributed by atoms with Gasteiger partial charge in [-0.15, -0.1) is 0 Å². The third kappa shape index (κ3) is 2.79. The third-order valence-corrected chi connectivity index (χ3v) is 5.88. The fourth-order valence-corrected chi connectivity index (χ4v) is 4.38. The highest BCUT2D eigenvalue weighted by molar-refractivity contribution is 7.89. The van der Waals surface area contributed by atoms with Crippen LogP contribution in [-0.4, -0.2) is 45.0 Å². The normalized spacial score (nSPS) is 19.0. The van der Waals surface area contributed by atoms with E-state index >= 15 is 0 Å². The van der Waals surface area contributed by atoms with Crippen molar-refractivity contribution in [2.75, 3.05) is 13.2 Å². The van der Waals surface area contributed by atoms with E-state index in [4.69, 9.17) is 4.74 Å². The van der Waals surface area contributed by atoms with Crippen LogP contribution in [0.4, 0.5) is 0 Å². The van der Waals surface area contributed by atoms with E-state index in [0.29, 0.717) is 26.3 Å². The molecule has 2 aromatic heterocycles. The average molecular weight is 339 g/mol. The molecule has 1 aliphatic heterocycles. The second-order valence-corrected chi connectivity index (χ2v) is 7.40. The van der Waals surface area contributed by atoms with E-state index in [1.54, 1.807) is 17.8 Å². The highest BCUT2D eigenvalue weighted by atomic mass is 32.2. The minimum absolute atomic E-state index is 0.0707. The monoisotopic (exact) mass is 339 g/mol. The van der Waals surface area contributed by atoms with Gasteiger partial charge in [0.1, 0.15) is 5.82 Å². The van der Waals surface area contributed by atoms with E-state index < -0.39 is 10.0 Å². The molecule has 0 fully saturated rings. The maximum absolute atomic E-state index is 12.8. The summed E-state index contributed by atoms with van der Waals surface area (Å²) in [7, 11) is -1.88. The summed E-state index contributed by atoms with van der Waals surface area (Å²) in [6.45, 7) is 5.87. The Kier molecular flexibility index (Phi) is 4.26. The Balaban J connectivity index is 1.89. The van der Waals surface area contributed by atoms with Crippen LogP contribution in [0.5, 0.6) is 0 Å². The van der Waals surface area contributed by atoms with Crippen molar-refractivity contribution in [3.8, 4) is 0 Å². The molecule has 0 radical (unpaired) electrons. The lowest BCUT2D eigenvalue weighted by Gasteiger charge is -2.32. The summed E-state index contributed by atoms with van der Waals surface area (Å²) in [6.07, 6.45) is 4.77. The van der Waals surface area contributed by atoms with Gasteiger partial charge in [-0.2, -0.15) is 4.31 Å². The molecule has 2 aromatic rings. The van der Waals surface area contributed by atoms with E-state index in [2.05, 4.69) is 9.97 Å². The van der Waals surface area contributed by atoms with Crippen molar-refractivity contribution in [3.05, 3.63) is 30.2 Å². The van der Waals surface area contributed by atoms with Crippen molar-refractivity contribution in [1.82, 2.24) is 23.4 Å². The second-order valence-electron chi connectivity index (χ2n) is 5.57. The Labute approximate surface area is 135 Å². The first-order valence-corrected chi connectivity index (χ1v) is 9.01. The van der Waals surface area contributed by atoms with Crippen molar-refractivity contribution in [3.63, 3.8) is 0 Å². The average Bonchev–Trinajstić information content (AvgIpc) is 3.12. The number of hydrogen-bond acceptors (Lipinski definition) is 5. The first kappa shape index (κ1) is 16.2. The molecule has 3 rings (SSSR count). The molecule has 1 unspecified atom stereocenters. The Hall–Kier alpha value is -1.71. The minimum atomic E-state index is -3.62. The van der Waals surface area contributed by atoms with E-state index in [1.807, 2.05) is 18.4 Å². The summed E-state index contributed by atoms with van der Waals surface area (Å²) in [6, 6.07) is -0.342. The Morgan fingerprint density at radius 3 is 2.78 bits per heavy atom. The molecule has 0 bridgehead atoms. The zero-order valence-corrected chi connectivity index (χ0v) is 14.3. The molecule has 23 heavy (non-hydrogen) atoms. The van der Waals surface area contributed by atoms with Gasteiger partial charge in [0.05, 0.1) is 30.9 Å². The van der Waals surface area contributed by atoms with Gasteiger partial charge >= 0.3 is 0 Å². The van der Waals surface area contributed by atoms with Crippen molar-refractivity contribution >= 4 is 10.0 Å². The maximum Gasteiger partial charge on any atom is 0.262 e. The molecule has 0 aliphatic carbocycles. The lowest BCUT2D eigenvalue weighted by Crippen LogP contribution is -2.41. The van der Waals surface area contributed by atoms with Gasteiger partial charge in [0.15, 0.2) is 5.03 Å². The summed E-state index contributed by atoms with van der Waals surface area (Å²) >= 11 is 0. The first-order valence-electron chi connectivity index (χ1n) is 7.57. The van der Waals surface area contributed by atoms with Crippen LogP contribution in [0.2, 0.25) is 0 Å². The predicted molar refractivity (Wildman–Crippen MR) is 83.1 cm³/mol. The molecule has 8 nitrogen and oxygen atoms in total. The van der Waals surface area contributed by atoms with Crippen LogP contribution in [0.1, 0.15) is 31.4 Å². The standard InChI is InChI=1S/C14H21N5O3S/c1-4-22-9-12-7-15-14-11(2)19(6-5-18(12)14)23(20,21)13-8-17(3)10-16-13/h7-8,10-11H,4-6,9H2,1-3H3. The molecule has 0 spiro atoms. The number of aryl methyl sites for hydroxylation is 1. The van der Waals surface area contributed by atoms with Crippen LogP contribution >= 0.6 is 0 Å². The maximum atomic E-state index is 12.8. The Bertz CT molecular complexity index is 795. The van der Waals surface area contributed by atoms with Gasteiger partial charge in [-0.25, -0.2) is 18.4 Å². The molecule has 3 heterocycles. The topological polar surface area (TPSA) is 82.3 Å². The van der Waals surface area contributed by atoms with Crippen molar-refractivity contribution < 1.29 is 13.2 Å². The summed E-state index contributed by atoms with van der Waals surface area (Å²) < 4.78 is 36.2. The zero-order chi connectivity index (χ0) is 16.6. The molecule has 0 amide bonds. The van der Waals surface area contributed by atoms with Gasteiger partial charge in [0.2, 0.25) is 0 Å². The molecule has 1 atom stereocenters. The number of rotatable bonds is 5. The summed E-state index contributed by atoms with van der Waals surface area (Å²) in [5.41, 5.74) is 0.976. The van der Waals surface area contributed by atoms with Crippen molar-refractivity contribution in [1.29, 1.82) is 0 Å². The van der Waals surface area contributed by atoms with Crippen LogP contribution in [-0.2, 0) is 35.0 Å². The SMILES string of the molecule is CCOCc1cnc2n1CCN(S(=O)(=O)c1cn(C)cn1)C2C. The van der Waals surface area contributed by atoms with Crippen molar-refractivity contribution in [2.45, 2.75) is 38.1 Å². The number of nitrogens with zero attached hydrogens (tertiary/aromatic N) is 5. The second kappa shape index (κ2) is 6.06. The van der Waals surface area contributed by atoms with E-state index in [-0.39, 0.29) is 11.1 Å². The molecule has 1 aliphatic rings. The van der Waals surface area contributed by atoms with E-state index in [0.717, 1.165) is 11.5 Å². The Morgan fingerprint density at radius 1 is 1.35 bits per heavy atom. The number of hydrogen-bond donors (Lipinski definition) is 0. The highest BCUT2D eigenvalue weighted by Crippen LogP contribution is 2.30.